The van der Waals surface area contributed by atoms with Crippen LogP contribution in [0.3, 0.4) is 0 Å². The van der Waals surface area contributed by atoms with Crippen molar-refractivity contribution in [1.29, 1.82) is 0 Å². The smallest absolute Gasteiger partial charge is 0.193 e. The standard InChI is InChI=1S/C23H33N5O2/c1-6-7-19-12-18(13-21(29-4)22(19)30-5)14-26-23(24-3)27-10-8-17(2)20(15-27)28-11-9-25-16-28/h6,9,11-13,16-17,20H,1,7-8,10,14-15H2,2-5H3,(H,24,26). The van der Waals surface area contributed by atoms with Gasteiger partial charge in [0.15, 0.2) is 17.5 Å². The Kier molecular flexibility index (Phi) is 7.38. The monoisotopic (exact) mass is 411 g/mol. The summed E-state index contributed by atoms with van der Waals surface area (Å²) in [4.78, 5) is 11.1. The van der Waals surface area contributed by atoms with Crippen molar-refractivity contribution in [2.45, 2.75) is 32.4 Å². The maximum Gasteiger partial charge on any atom is 0.193 e. The molecule has 162 valence electrons. The Morgan fingerprint density at radius 2 is 2.20 bits per heavy atom. The van der Waals surface area contributed by atoms with Crippen LogP contribution in [0.4, 0.5) is 0 Å². The van der Waals surface area contributed by atoms with Crippen LogP contribution in [0.2, 0.25) is 0 Å². The normalized spacial score (nSPS) is 19.5. The van der Waals surface area contributed by atoms with Crippen LogP contribution in [0.5, 0.6) is 11.5 Å². The lowest BCUT2D eigenvalue weighted by Crippen LogP contribution is -2.48. The summed E-state index contributed by atoms with van der Waals surface area (Å²) in [5.41, 5.74) is 2.17. The zero-order chi connectivity index (χ0) is 21.5. The fraction of sp³-hybridized carbons (Fsp3) is 0.478. The van der Waals surface area contributed by atoms with Crippen LogP contribution >= 0.6 is 0 Å². The van der Waals surface area contributed by atoms with E-state index >= 15 is 0 Å². The van der Waals surface area contributed by atoms with Gasteiger partial charge in [-0.2, -0.15) is 0 Å². The van der Waals surface area contributed by atoms with Gasteiger partial charge >= 0.3 is 0 Å². The number of nitrogens with one attached hydrogen (secondary N) is 1. The highest BCUT2D eigenvalue weighted by Gasteiger charge is 2.28. The molecule has 1 aliphatic rings. The third-order valence-corrected chi connectivity index (χ3v) is 5.77. The second-order valence-electron chi connectivity index (χ2n) is 7.67. The minimum absolute atomic E-state index is 0.389. The second kappa shape index (κ2) is 10.2. The van der Waals surface area contributed by atoms with Gasteiger partial charge in [-0.3, -0.25) is 4.99 Å². The number of ether oxygens (including phenoxy) is 2. The number of benzene rings is 1. The average molecular weight is 412 g/mol. The van der Waals surface area contributed by atoms with Crippen LogP contribution in [0.25, 0.3) is 0 Å². The summed E-state index contributed by atoms with van der Waals surface area (Å²) in [5.74, 6) is 3.00. The van der Waals surface area contributed by atoms with Gasteiger partial charge in [-0.15, -0.1) is 6.58 Å². The van der Waals surface area contributed by atoms with Crippen molar-refractivity contribution in [3.05, 3.63) is 54.6 Å². The van der Waals surface area contributed by atoms with Crippen LogP contribution in [0.15, 0.2) is 48.5 Å². The highest BCUT2D eigenvalue weighted by Crippen LogP contribution is 2.33. The minimum Gasteiger partial charge on any atom is -0.493 e. The lowest BCUT2D eigenvalue weighted by molar-refractivity contribution is 0.189. The lowest BCUT2D eigenvalue weighted by atomic mass is 9.93. The second-order valence-corrected chi connectivity index (χ2v) is 7.67. The predicted octanol–water partition coefficient (Wildman–Crippen LogP) is 3.29. The average Bonchev–Trinajstić information content (AvgIpc) is 3.29. The van der Waals surface area contributed by atoms with Gasteiger partial charge in [-0.05, 0) is 36.5 Å². The molecule has 2 heterocycles. The Bertz CT molecular complexity index is 863. The highest BCUT2D eigenvalue weighted by molar-refractivity contribution is 5.80. The molecule has 0 amide bonds. The summed E-state index contributed by atoms with van der Waals surface area (Å²) in [5, 5.41) is 3.52. The van der Waals surface area contributed by atoms with E-state index in [2.05, 4.69) is 44.3 Å². The summed E-state index contributed by atoms with van der Waals surface area (Å²) in [6.07, 6.45) is 9.51. The van der Waals surface area contributed by atoms with E-state index in [-0.39, 0.29) is 0 Å². The molecule has 7 nitrogen and oxygen atoms in total. The van der Waals surface area contributed by atoms with Crippen LogP contribution in [-0.2, 0) is 13.0 Å². The molecule has 0 radical (unpaired) electrons. The number of imidazole rings is 1. The number of likely N-dealkylation sites (tertiary alicyclic amines) is 1. The summed E-state index contributed by atoms with van der Waals surface area (Å²) < 4.78 is 13.3. The quantitative estimate of drug-likeness (QED) is 0.430. The van der Waals surface area contributed by atoms with E-state index in [0.29, 0.717) is 18.5 Å². The number of hydrogen-bond acceptors (Lipinski definition) is 4. The maximum atomic E-state index is 5.54. The van der Waals surface area contributed by atoms with E-state index < -0.39 is 0 Å². The Balaban J connectivity index is 1.72. The van der Waals surface area contributed by atoms with Gasteiger partial charge in [0.2, 0.25) is 0 Å². The van der Waals surface area contributed by atoms with Gasteiger partial charge in [0, 0.05) is 44.6 Å². The van der Waals surface area contributed by atoms with Crippen LogP contribution in [-0.4, -0.2) is 54.8 Å². The third-order valence-electron chi connectivity index (χ3n) is 5.77. The molecule has 0 saturated carbocycles. The van der Waals surface area contributed by atoms with Crippen molar-refractivity contribution in [2.75, 3.05) is 34.4 Å². The first kappa shape index (κ1) is 21.7. The van der Waals surface area contributed by atoms with Gasteiger partial charge in [-0.25, -0.2) is 4.98 Å². The number of hydrogen-bond donors (Lipinski definition) is 1. The summed E-state index contributed by atoms with van der Waals surface area (Å²) >= 11 is 0. The largest absolute Gasteiger partial charge is 0.493 e. The van der Waals surface area contributed by atoms with Crippen molar-refractivity contribution in [1.82, 2.24) is 19.8 Å². The van der Waals surface area contributed by atoms with Gasteiger partial charge in [0.25, 0.3) is 0 Å². The Morgan fingerprint density at radius 1 is 1.37 bits per heavy atom. The molecule has 2 atom stereocenters. The van der Waals surface area contributed by atoms with E-state index in [4.69, 9.17) is 9.47 Å². The van der Waals surface area contributed by atoms with Crippen molar-refractivity contribution >= 4 is 5.96 Å². The van der Waals surface area contributed by atoms with E-state index in [1.54, 1.807) is 14.2 Å². The first-order valence-electron chi connectivity index (χ1n) is 10.4. The number of guanidine groups is 1. The van der Waals surface area contributed by atoms with Crippen molar-refractivity contribution in [3.8, 4) is 11.5 Å². The lowest BCUT2D eigenvalue weighted by Gasteiger charge is -2.39. The van der Waals surface area contributed by atoms with E-state index in [1.165, 1.54) is 0 Å². The van der Waals surface area contributed by atoms with Crippen LogP contribution in [0, 0.1) is 5.92 Å². The molecular formula is C23H33N5O2. The Hall–Kier alpha value is -2.96. The van der Waals surface area contributed by atoms with E-state index in [9.17, 15) is 0 Å². The molecule has 0 bridgehead atoms. The molecule has 1 aromatic heterocycles. The SMILES string of the molecule is C=CCc1cc(CNC(=NC)N2CCC(C)C(n3ccnc3)C2)cc(OC)c1OC. The number of aromatic nitrogens is 2. The molecule has 3 rings (SSSR count). The number of allylic oxidation sites excluding steroid dienone is 1. The number of aliphatic imine (C=N–C) groups is 1. The maximum absolute atomic E-state index is 5.54. The minimum atomic E-state index is 0.389. The number of rotatable bonds is 7. The zero-order valence-electron chi connectivity index (χ0n) is 18.5. The summed E-state index contributed by atoms with van der Waals surface area (Å²) in [7, 11) is 5.17. The topological polar surface area (TPSA) is 63.9 Å². The Morgan fingerprint density at radius 3 is 2.83 bits per heavy atom. The fourth-order valence-electron chi connectivity index (χ4n) is 4.12. The molecule has 2 aromatic rings. The molecule has 1 fully saturated rings. The number of nitrogens with zero attached hydrogens (tertiary/aromatic N) is 4. The highest BCUT2D eigenvalue weighted by atomic mass is 16.5. The molecule has 2 unspecified atom stereocenters. The molecule has 0 aliphatic carbocycles. The number of piperidine rings is 1. The first-order valence-corrected chi connectivity index (χ1v) is 10.4. The summed E-state index contributed by atoms with van der Waals surface area (Å²) in [6.45, 7) is 8.71. The van der Waals surface area contributed by atoms with E-state index in [0.717, 1.165) is 54.5 Å². The molecule has 1 saturated heterocycles. The molecule has 30 heavy (non-hydrogen) atoms. The summed E-state index contributed by atoms with van der Waals surface area (Å²) in [6, 6.07) is 4.54. The van der Waals surface area contributed by atoms with E-state index in [1.807, 2.05) is 37.9 Å². The van der Waals surface area contributed by atoms with Gasteiger partial charge in [-0.1, -0.05) is 13.0 Å². The van der Waals surface area contributed by atoms with Crippen molar-refractivity contribution in [2.24, 2.45) is 10.9 Å². The van der Waals surface area contributed by atoms with Gasteiger partial charge < -0.3 is 24.3 Å². The van der Waals surface area contributed by atoms with Crippen LogP contribution in [0.1, 0.15) is 30.5 Å². The first-order chi connectivity index (χ1) is 14.6. The number of methoxy groups -OCH3 is 2. The molecule has 1 aromatic carbocycles. The van der Waals surface area contributed by atoms with Crippen molar-refractivity contribution < 1.29 is 9.47 Å². The third kappa shape index (κ3) is 4.78. The fourth-order valence-corrected chi connectivity index (χ4v) is 4.12. The van der Waals surface area contributed by atoms with Crippen LogP contribution < -0.4 is 14.8 Å². The predicted molar refractivity (Wildman–Crippen MR) is 120 cm³/mol. The van der Waals surface area contributed by atoms with Gasteiger partial charge in [0.05, 0.1) is 26.6 Å². The molecular weight excluding hydrogens is 378 g/mol. The molecule has 1 aliphatic heterocycles. The van der Waals surface area contributed by atoms with Crippen molar-refractivity contribution in [3.63, 3.8) is 0 Å². The zero-order valence-corrected chi connectivity index (χ0v) is 18.5. The molecule has 0 spiro atoms. The molecule has 7 heteroatoms. The van der Waals surface area contributed by atoms with Gasteiger partial charge in [0.1, 0.15) is 0 Å². The molecule has 1 N–H and O–H groups in total. The Labute approximate surface area is 179 Å².